The first-order valence-electron chi connectivity index (χ1n) is 9.86. The minimum absolute atomic E-state index is 0.00148. The lowest BCUT2D eigenvalue weighted by Crippen LogP contribution is -2.47. The highest BCUT2D eigenvalue weighted by Gasteiger charge is 2.30. The fourth-order valence-corrected chi connectivity index (χ4v) is 6.11. The summed E-state index contributed by atoms with van der Waals surface area (Å²) >= 11 is 2.31. The van der Waals surface area contributed by atoms with Crippen molar-refractivity contribution >= 4 is 55.2 Å². The third-order valence-electron chi connectivity index (χ3n) is 4.77. The van der Waals surface area contributed by atoms with Gasteiger partial charge in [0.2, 0.25) is 15.9 Å². The number of sulfonamides is 1. The number of hydrogen-bond donors (Lipinski definition) is 2. The summed E-state index contributed by atoms with van der Waals surface area (Å²) < 4.78 is 36.8. The highest BCUT2D eigenvalue weighted by molar-refractivity contribution is 7.89. The summed E-state index contributed by atoms with van der Waals surface area (Å²) in [4.78, 5) is 18.2. The molecule has 11 heteroatoms. The Kier molecular flexibility index (Phi) is 6.60. The van der Waals surface area contributed by atoms with Crippen LogP contribution >= 0.6 is 23.1 Å². The SMILES string of the molecule is CC(C)C(NS(=O)(=O)c1cccc2nsnc12)C(=O)Nc1ncc(Cc2ccccc2)s1. The lowest BCUT2D eigenvalue weighted by molar-refractivity contribution is -0.118. The highest BCUT2D eigenvalue weighted by atomic mass is 32.2. The molecule has 0 saturated carbocycles. The van der Waals surface area contributed by atoms with E-state index in [0.29, 0.717) is 22.6 Å². The number of carbonyl (C=O) groups is 1. The molecule has 1 atom stereocenters. The Labute approximate surface area is 194 Å². The molecular formula is C21H21N5O3S3. The molecule has 0 aliphatic rings. The molecule has 1 amide bonds. The first-order chi connectivity index (χ1) is 15.3. The quantitative estimate of drug-likeness (QED) is 0.392. The van der Waals surface area contributed by atoms with Gasteiger partial charge in [0.15, 0.2) is 5.13 Å². The molecule has 0 aliphatic heterocycles. The van der Waals surface area contributed by atoms with Gasteiger partial charge >= 0.3 is 0 Å². The van der Waals surface area contributed by atoms with Crippen molar-refractivity contribution in [2.75, 3.05) is 5.32 Å². The molecule has 0 aliphatic carbocycles. The molecule has 4 rings (SSSR count). The molecule has 1 unspecified atom stereocenters. The van der Waals surface area contributed by atoms with Crippen LogP contribution in [0.3, 0.4) is 0 Å². The van der Waals surface area contributed by atoms with Crippen LogP contribution in [-0.2, 0) is 21.2 Å². The molecule has 166 valence electrons. The first-order valence-corrected chi connectivity index (χ1v) is 12.9. The number of anilines is 1. The standard InChI is InChI=1S/C21H21N5O3S3/c1-13(2)18(26-32(28,29)17-10-6-9-16-19(17)25-31-24-16)20(27)23-21-22-12-15(30-21)11-14-7-4-3-5-8-14/h3-10,12-13,18,26H,11H2,1-2H3,(H,22,23,27). The minimum Gasteiger partial charge on any atom is -0.301 e. The number of aromatic nitrogens is 3. The lowest BCUT2D eigenvalue weighted by atomic mass is 10.1. The third kappa shape index (κ3) is 5.01. The number of fused-ring (bicyclic) bond motifs is 1. The zero-order valence-corrected chi connectivity index (χ0v) is 19.8. The Bertz CT molecular complexity index is 1330. The molecule has 2 aromatic carbocycles. The van der Waals surface area contributed by atoms with Crippen LogP contribution in [0.1, 0.15) is 24.3 Å². The van der Waals surface area contributed by atoms with Gasteiger partial charge in [0.05, 0.1) is 11.7 Å². The van der Waals surface area contributed by atoms with Crippen molar-refractivity contribution in [1.29, 1.82) is 0 Å². The summed E-state index contributed by atoms with van der Waals surface area (Å²) in [5, 5.41) is 3.18. The van der Waals surface area contributed by atoms with Crippen LogP contribution in [0.5, 0.6) is 0 Å². The van der Waals surface area contributed by atoms with Crippen LogP contribution in [-0.4, -0.2) is 34.1 Å². The van der Waals surface area contributed by atoms with Crippen molar-refractivity contribution in [2.24, 2.45) is 5.92 Å². The second-order valence-electron chi connectivity index (χ2n) is 7.51. The normalized spacial score (nSPS) is 12.8. The smallest absolute Gasteiger partial charge is 0.244 e. The van der Waals surface area contributed by atoms with E-state index in [1.165, 1.54) is 17.4 Å². The fraction of sp³-hybridized carbons (Fsp3) is 0.238. The maximum atomic E-state index is 13.1. The van der Waals surface area contributed by atoms with E-state index in [1.807, 2.05) is 30.3 Å². The molecule has 0 fully saturated rings. The monoisotopic (exact) mass is 487 g/mol. The van der Waals surface area contributed by atoms with Crippen LogP contribution in [0.15, 0.2) is 59.6 Å². The van der Waals surface area contributed by atoms with Gasteiger partial charge in [-0.3, -0.25) is 4.79 Å². The topological polar surface area (TPSA) is 114 Å². The fourth-order valence-electron chi connectivity index (χ4n) is 3.15. The van der Waals surface area contributed by atoms with Crippen LogP contribution < -0.4 is 10.0 Å². The van der Waals surface area contributed by atoms with Crippen molar-refractivity contribution in [1.82, 2.24) is 18.5 Å². The van der Waals surface area contributed by atoms with Crippen molar-refractivity contribution in [2.45, 2.75) is 31.2 Å². The van der Waals surface area contributed by atoms with Gasteiger partial charge in [-0.2, -0.15) is 13.5 Å². The van der Waals surface area contributed by atoms with Crippen molar-refractivity contribution in [3.05, 3.63) is 65.2 Å². The zero-order chi connectivity index (χ0) is 22.7. The molecule has 0 radical (unpaired) electrons. The van der Waals surface area contributed by atoms with Crippen LogP contribution in [0.4, 0.5) is 5.13 Å². The summed E-state index contributed by atoms with van der Waals surface area (Å²) in [5.74, 6) is -0.756. The summed E-state index contributed by atoms with van der Waals surface area (Å²) in [5.41, 5.74) is 1.93. The zero-order valence-electron chi connectivity index (χ0n) is 17.3. The minimum atomic E-state index is -4.00. The number of thiazole rings is 1. The number of nitrogens with one attached hydrogen (secondary N) is 2. The van der Waals surface area contributed by atoms with E-state index in [9.17, 15) is 13.2 Å². The molecule has 0 spiro atoms. The van der Waals surface area contributed by atoms with Crippen molar-refractivity contribution in [3.8, 4) is 0 Å². The molecule has 0 bridgehead atoms. The van der Waals surface area contributed by atoms with Crippen LogP contribution in [0.25, 0.3) is 11.0 Å². The number of carbonyl (C=O) groups excluding carboxylic acids is 1. The van der Waals surface area contributed by atoms with Gasteiger partial charge in [0.1, 0.15) is 22.0 Å². The van der Waals surface area contributed by atoms with E-state index in [-0.39, 0.29) is 10.8 Å². The summed E-state index contributed by atoms with van der Waals surface area (Å²) in [6, 6.07) is 13.7. The predicted molar refractivity (Wildman–Crippen MR) is 126 cm³/mol. The number of hydrogen-bond acceptors (Lipinski definition) is 8. The Morgan fingerprint density at radius 2 is 1.84 bits per heavy atom. The summed E-state index contributed by atoms with van der Waals surface area (Å²) in [7, 11) is -4.00. The average Bonchev–Trinajstić information content (AvgIpc) is 3.41. The maximum absolute atomic E-state index is 13.1. The maximum Gasteiger partial charge on any atom is 0.244 e. The van der Waals surface area contributed by atoms with E-state index < -0.39 is 22.0 Å². The molecule has 2 heterocycles. The number of rotatable bonds is 8. The van der Waals surface area contributed by atoms with Crippen molar-refractivity contribution < 1.29 is 13.2 Å². The van der Waals surface area contributed by atoms with E-state index in [1.54, 1.807) is 32.2 Å². The van der Waals surface area contributed by atoms with Gasteiger partial charge < -0.3 is 5.32 Å². The Morgan fingerprint density at radius 3 is 2.59 bits per heavy atom. The Morgan fingerprint density at radius 1 is 1.06 bits per heavy atom. The molecule has 8 nitrogen and oxygen atoms in total. The summed E-state index contributed by atoms with van der Waals surface area (Å²) in [6.07, 6.45) is 2.43. The molecule has 2 aromatic heterocycles. The van der Waals surface area contributed by atoms with Gasteiger partial charge in [-0.15, -0.1) is 11.3 Å². The average molecular weight is 488 g/mol. The van der Waals surface area contributed by atoms with Crippen LogP contribution in [0, 0.1) is 5.92 Å². The van der Waals surface area contributed by atoms with Crippen LogP contribution in [0.2, 0.25) is 0 Å². The summed E-state index contributed by atoms with van der Waals surface area (Å²) in [6.45, 7) is 3.56. The van der Waals surface area contributed by atoms with E-state index >= 15 is 0 Å². The molecule has 4 aromatic rings. The Hall–Kier alpha value is -2.73. The number of nitrogens with zero attached hydrogens (tertiary/aromatic N) is 3. The van der Waals surface area contributed by atoms with E-state index in [4.69, 9.17) is 0 Å². The predicted octanol–water partition coefficient (Wildman–Crippen LogP) is 3.68. The number of amides is 1. The molecule has 2 N–H and O–H groups in total. The Balaban J connectivity index is 1.49. The van der Waals surface area contributed by atoms with Gasteiger partial charge in [-0.25, -0.2) is 13.4 Å². The highest BCUT2D eigenvalue weighted by Crippen LogP contribution is 2.24. The van der Waals surface area contributed by atoms with E-state index in [2.05, 4.69) is 23.8 Å². The van der Waals surface area contributed by atoms with Gasteiger partial charge in [-0.05, 0) is 23.6 Å². The molecule has 32 heavy (non-hydrogen) atoms. The first kappa shape index (κ1) is 22.5. The van der Waals surface area contributed by atoms with Gasteiger partial charge in [-0.1, -0.05) is 50.2 Å². The molecular weight excluding hydrogens is 466 g/mol. The largest absolute Gasteiger partial charge is 0.301 e. The van der Waals surface area contributed by atoms with E-state index in [0.717, 1.165) is 22.2 Å². The second-order valence-corrected chi connectivity index (χ2v) is 10.8. The lowest BCUT2D eigenvalue weighted by Gasteiger charge is -2.21. The second kappa shape index (κ2) is 9.41. The van der Waals surface area contributed by atoms with Gasteiger partial charge in [0.25, 0.3) is 0 Å². The van der Waals surface area contributed by atoms with Gasteiger partial charge in [0, 0.05) is 17.5 Å². The van der Waals surface area contributed by atoms with Crippen molar-refractivity contribution in [3.63, 3.8) is 0 Å². The third-order valence-corrected chi connectivity index (χ3v) is 7.70. The number of benzene rings is 2. The molecule has 0 saturated heterocycles.